The van der Waals surface area contributed by atoms with Gasteiger partial charge in [-0.1, -0.05) is 96.9 Å². The van der Waals surface area contributed by atoms with Crippen LogP contribution in [0.25, 0.3) is 0 Å². The van der Waals surface area contributed by atoms with Crippen molar-refractivity contribution in [2.75, 3.05) is 17.4 Å². The van der Waals surface area contributed by atoms with Crippen LogP contribution in [0, 0.1) is 6.92 Å². The Morgan fingerprint density at radius 2 is 1.49 bits per heavy atom. The van der Waals surface area contributed by atoms with Crippen LogP contribution in [0.1, 0.15) is 35.6 Å². The van der Waals surface area contributed by atoms with E-state index in [-0.39, 0.29) is 17.9 Å². The summed E-state index contributed by atoms with van der Waals surface area (Å²) in [6.07, 6.45) is -4.15. The van der Waals surface area contributed by atoms with Gasteiger partial charge in [-0.2, -0.15) is 13.2 Å². The summed E-state index contributed by atoms with van der Waals surface area (Å²) in [6.45, 7) is 3.17. The first-order valence-electron chi connectivity index (χ1n) is 14.9. The lowest BCUT2D eigenvalue weighted by atomic mass is 10.0. The normalized spacial score (nSPS) is 12.3. The number of anilines is 1. The number of carbonyl (C=O) groups is 2. The summed E-state index contributed by atoms with van der Waals surface area (Å²) in [7, 11) is -4.58. The van der Waals surface area contributed by atoms with E-state index in [1.165, 1.54) is 29.2 Å². The van der Waals surface area contributed by atoms with Gasteiger partial charge in [-0.25, -0.2) is 8.42 Å². The summed E-state index contributed by atoms with van der Waals surface area (Å²) in [4.78, 5) is 29.2. The van der Waals surface area contributed by atoms with E-state index in [4.69, 9.17) is 11.6 Å². The third kappa shape index (κ3) is 9.14. The van der Waals surface area contributed by atoms with Gasteiger partial charge in [-0.3, -0.25) is 13.9 Å². The van der Waals surface area contributed by atoms with Crippen molar-refractivity contribution < 1.29 is 31.2 Å². The molecular formula is C35H35ClF3N3O4S. The zero-order valence-electron chi connectivity index (χ0n) is 25.9. The average molecular weight is 686 g/mol. The summed E-state index contributed by atoms with van der Waals surface area (Å²) < 4.78 is 70.4. The smallest absolute Gasteiger partial charge is 0.354 e. The topological polar surface area (TPSA) is 86.8 Å². The van der Waals surface area contributed by atoms with Gasteiger partial charge in [0.1, 0.15) is 12.6 Å². The van der Waals surface area contributed by atoms with Gasteiger partial charge in [0, 0.05) is 19.5 Å². The molecule has 0 heterocycles. The predicted octanol–water partition coefficient (Wildman–Crippen LogP) is 7.03. The molecule has 0 unspecified atom stereocenters. The number of sulfonamides is 1. The quantitative estimate of drug-likeness (QED) is 0.164. The molecule has 7 nitrogen and oxygen atoms in total. The molecular weight excluding hydrogens is 651 g/mol. The fourth-order valence-corrected chi connectivity index (χ4v) is 6.60. The molecule has 0 radical (unpaired) electrons. The Morgan fingerprint density at radius 3 is 2.09 bits per heavy atom. The molecule has 0 saturated carbocycles. The molecule has 0 bridgehead atoms. The molecule has 4 aromatic carbocycles. The molecule has 47 heavy (non-hydrogen) atoms. The maximum absolute atomic E-state index is 14.4. The average Bonchev–Trinajstić information content (AvgIpc) is 3.05. The molecule has 1 atom stereocenters. The number of hydrogen-bond donors (Lipinski definition) is 1. The number of nitrogens with zero attached hydrogens (tertiary/aromatic N) is 2. The van der Waals surface area contributed by atoms with E-state index in [0.717, 1.165) is 23.3 Å². The fraction of sp³-hybridized carbons (Fsp3) is 0.257. The van der Waals surface area contributed by atoms with E-state index in [1.54, 1.807) is 30.3 Å². The Morgan fingerprint density at radius 1 is 0.872 bits per heavy atom. The van der Waals surface area contributed by atoms with Crippen LogP contribution in [0.15, 0.2) is 108 Å². The molecule has 1 N–H and O–H groups in total. The predicted molar refractivity (Wildman–Crippen MR) is 176 cm³/mol. The van der Waals surface area contributed by atoms with Crippen LogP contribution in [-0.2, 0) is 38.8 Å². The SMILES string of the molecule is CCCNC(=O)[C@H](Cc1ccccc1)N(Cc1ccc(C)cc1)C(=O)CN(c1ccc(Cl)c(C(F)(F)F)c1)S(=O)(=O)c1ccccc1. The van der Waals surface area contributed by atoms with Crippen LogP contribution in [0.5, 0.6) is 0 Å². The first kappa shape index (κ1) is 35.5. The molecule has 248 valence electrons. The van der Waals surface area contributed by atoms with Gasteiger partial charge < -0.3 is 10.2 Å². The minimum absolute atomic E-state index is 0.0657. The zero-order chi connectivity index (χ0) is 34.2. The highest BCUT2D eigenvalue weighted by Gasteiger charge is 2.37. The number of rotatable bonds is 13. The monoisotopic (exact) mass is 685 g/mol. The second-order valence-electron chi connectivity index (χ2n) is 11.0. The van der Waals surface area contributed by atoms with E-state index in [9.17, 15) is 31.2 Å². The molecule has 0 aliphatic carbocycles. The van der Waals surface area contributed by atoms with Crippen LogP contribution < -0.4 is 9.62 Å². The third-order valence-corrected chi connectivity index (χ3v) is 9.56. The number of amides is 2. The molecule has 0 fully saturated rings. The molecule has 0 saturated heterocycles. The number of carbonyl (C=O) groups excluding carboxylic acids is 2. The standard InChI is InChI=1S/C35H35ClF3N3O4S/c1-3-20-40-34(44)32(21-26-10-6-4-7-11-26)41(23-27-16-14-25(2)15-17-27)33(43)24-42(47(45,46)29-12-8-5-9-13-29)28-18-19-31(36)30(22-28)35(37,38)39/h4-19,22,32H,3,20-21,23-24H2,1-2H3,(H,40,44)/t32-/m0/s1. The molecule has 2 amide bonds. The van der Waals surface area contributed by atoms with Crippen molar-refractivity contribution in [3.05, 3.63) is 130 Å². The summed E-state index contributed by atoms with van der Waals surface area (Å²) in [5.41, 5.74) is 0.733. The second kappa shape index (κ2) is 15.5. The van der Waals surface area contributed by atoms with Crippen molar-refractivity contribution in [3.8, 4) is 0 Å². The van der Waals surface area contributed by atoms with Gasteiger partial charge >= 0.3 is 6.18 Å². The Labute approximate surface area is 278 Å². The molecule has 4 rings (SSSR count). The number of hydrogen-bond acceptors (Lipinski definition) is 4. The minimum Gasteiger partial charge on any atom is -0.354 e. The van der Waals surface area contributed by atoms with Crippen molar-refractivity contribution in [2.45, 2.75) is 50.3 Å². The van der Waals surface area contributed by atoms with E-state index < -0.39 is 56.9 Å². The summed E-state index contributed by atoms with van der Waals surface area (Å²) in [6, 6.07) is 25.0. The maximum Gasteiger partial charge on any atom is 0.417 e. The third-order valence-electron chi connectivity index (χ3n) is 7.45. The van der Waals surface area contributed by atoms with Gasteiger partial charge in [-0.15, -0.1) is 0 Å². The lowest BCUT2D eigenvalue weighted by molar-refractivity contribution is -0.140. The van der Waals surface area contributed by atoms with Crippen molar-refractivity contribution in [1.29, 1.82) is 0 Å². The largest absolute Gasteiger partial charge is 0.417 e. The summed E-state index contributed by atoms with van der Waals surface area (Å²) in [5, 5.41) is 2.23. The lowest BCUT2D eigenvalue weighted by Crippen LogP contribution is -2.53. The van der Waals surface area contributed by atoms with Crippen molar-refractivity contribution in [3.63, 3.8) is 0 Å². The van der Waals surface area contributed by atoms with Crippen molar-refractivity contribution in [2.24, 2.45) is 0 Å². The fourth-order valence-electron chi connectivity index (χ4n) is 4.94. The van der Waals surface area contributed by atoms with Crippen LogP contribution in [0.4, 0.5) is 18.9 Å². The van der Waals surface area contributed by atoms with Crippen molar-refractivity contribution >= 4 is 39.1 Å². The Balaban J connectivity index is 1.84. The van der Waals surface area contributed by atoms with E-state index in [0.29, 0.717) is 28.9 Å². The summed E-state index contributed by atoms with van der Waals surface area (Å²) >= 11 is 5.86. The van der Waals surface area contributed by atoms with Crippen LogP contribution in [0.2, 0.25) is 5.02 Å². The zero-order valence-corrected chi connectivity index (χ0v) is 27.4. The van der Waals surface area contributed by atoms with Gasteiger partial charge in [0.15, 0.2) is 0 Å². The number of alkyl halides is 3. The first-order valence-corrected chi connectivity index (χ1v) is 16.7. The number of aryl methyl sites for hydroxylation is 1. The number of nitrogens with one attached hydrogen (secondary N) is 1. The van der Waals surface area contributed by atoms with E-state index >= 15 is 0 Å². The minimum atomic E-state index is -4.89. The van der Waals surface area contributed by atoms with Crippen molar-refractivity contribution in [1.82, 2.24) is 10.2 Å². The molecule has 4 aromatic rings. The highest BCUT2D eigenvalue weighted by molar-refractivity contribution is 7.92. The second-order valence-corrected chi connectivity index (χ2v) is 13.3. The first-order chi connectivity index (χ1) is 22.3. The molecule has 0 aliphatic rings. The number of benzene rings is 4. The maximum atomic E-state index is 14.4. The molecule has 0 spiro atoms. The summed E-state index contributed by atoms with van der Waals surface area (Å²) in [5.74, 6) is -1.24. The highest BCUT2D eigenvalue weighted by Crippen LogP contribution is 2.38. The Kier molecular flexibility index (Phi) is 11.7. The van der Waals surface area contributed by atoms with E-state index in [2.05, 4.69) is 5.32 Å². The molecule has 0 aromatic heterocycles. The Hall–Kier alpha value is -4.35. The van der Waals surface area contributed by atoms with Crippen LogP contribution in [-0.4, -0.2) is 44.3 Å². The molecule has 0 aliphatic heterocycles. The highest BCUT2D eigenvalue weighted by atomic mass is 35.5. The van der Waals surface area contributed by atoms with Gasteiger partial charge in [0.05, 0.1) is 21.2 Å². The van der Waals surface area contributed by atoms with Crippen LogP contribution in [0.3, 0.4) is 0 Å². The number of halogens is 4. The Bertz CT molecular complexity index is 1770. The van der Waals surface area contributed by atoms with Crippen LogP contribution >= 0.6 is 11.6 Å². The lowest BCUT2D eigenvalue weighted by Gasteiger charge is -2.34. The molecule has 12 heteroatoms. The van der Waals surface area contributed by atoms with E-state index in [1.807, 2.05) is 44.2 Å². The van der Waals surface area contributed by atoms with Gasteiger partial charge in [0.2, 0.25) is 11.8 Å². The van der Waals surface area contributed by atoms with Gasteiger partial charge in [0.25, 0.3) is 10.0 Å². The van der Waals surface area contributed by atoms with Gasteiger partial charge in [-0.05, 0) is 54.8 Å².